The van der Waals surface area contributed by atoms with E-state index in [0.717, 1.165) is 11.3 Å². The van der Waals surface area contributed by atoms with Gasteiger partial charge in [-0.1, -0.05) is 18.2 Å². The van der Waals surface area contributed by atoms with Gasteiger partial charge in [-0.2, -0.15) is 0 Å². The van der Waals surface area contributed by atoms with E-state index in [0.29, 0.717) is 6.42 Å². The second-order valence-corrected chi connectivity index (χ2v) is 3.53. The van der Waals surface area contributed by atoms with Crippen molar-refractivity contribution in [1.29, 1.82) is 0 Å². The summed E-state index contributed by atoms with van der Waals surface area (Å²) in [6.45, 7) is 0. The van der Waals surface area contributed by atoms with Crippen LogP contribution in [0.3, 0.4) is 0 Å². The maximum Gasteiger partial charge on any atom is 0.324 e. The largest absolute Gasteiger partial charge is 0.496 e. The molecular weight excluding hydrogens is 216 g/mol. The molecule has 1 unspecified atom stereocenters. The Labute approximate surface area is 93.9 Å². The van der Waals surface area contributed by atoms with E-state index in [-0.39, 0.29) is 0 Å². The third-order valence-electron chi connectivity index (χ3n) is 2.05. The van der Waals surface area contributed by atoms with Crippen LogP contribution in [0.2, 0.25) is 0 Å². The fourth-order valence-corrected chi connectivity index (χ4v) is 1.53. The minimum absolute atomic E-state index is 0.401. The molecule has 0 N–H and O–H groups in total. The highest BCUT2D eigenvalue weighted by atomic mass is 35.5. The van der Waals surface area contributed by atoms with E-state index in [2.05, 4.69) is 4.74 Å². The van der Waals surface area contributed by atoms with E-state index in [1.54, 1.807) is 7.11 Å². The van der Waals surface area contributed by atoms with E-state index in [4.69, 9.17) is 16.3 Å². The molecular formula is C11H13ClO3. The average Bonchev–Trinajstić information content (AvgIpc) is 2.28. The van der Waals surface area contributed by atoms with Gasteiger partial charge in [-0.15, -0.1) is 11.6 Å². The zero-order valence-corrected chi connectivity index (χ0v) is 9.45. The number of carbonyl (C=O) groups is 1. The topological polar surface area (TPSA) is 35.5 Å². The minimum atomic E-state index is -0.675. The number of carbonyl (C=O) groups excluding carboxylic acids is 1. The van der Waals surface area contributed by atoms with Crippen LogP contribution in [0.4, 0.5) is 0 Å². The Bertz CT molecular complexity index is 338. The van der Waals surface area contributed by atoms with Crippen LogP contribution in [-0.2, 0) is 16.0 Å². The lowest BCUT2D eigenvalue weighted by molar-refractivity contribution is -0.140. The molecule has 3 nitrogen and oxygen atoms in total. The second kappa shape index (κ2) is 5.61. The molecule has 0 fully saturated rings. The number of rotatable bonds is 4. The molecule has 4 heteroatoms. The number of para-hydroxylation sites is 1. The van der Waals surface area contributed by atoms with Gasteiger partial charge in [0.15, 0.2) is 0 Å². The van der Waals surface area contributed by atoms with E-state index < -0.39 is 11.3 Å². The van der Waals surface area contributed by atoms with Crippen LogP contribution < -0.4 is 4.74 Å². The van der Waals surface area contributed by atoms with Crippen LogP contribution >= 0.6 is 11.6 Å². The number of hydrogen-bond acceptors (Lipinski definition) is 3. The lowest BCUT2D eigenvalue weighted by Gasteiger charge is -2.10. The van der Waals surface area contributed by atoms with E-state index in [1.807, 2.05) is 24.3 Å². The fourth-order valence-electron chi connectivity index (χ4n) is 1.28. The molecule has 0 amide bonds. The monoisotopic (exact) mass is 228 g/mol. The predicted octanol–water partition coefficient (Wildman–Crippen LogP) is 2.02. The Hall–Kier alpha value is -1.22. The van der Waals surface area contributed by atoms with Gasteiger partial charge >= 0.3 is 5.97 Å². The summed E-state index contributed by atoms with van der Waals surface area (Å²) >= 11 is 5.86. The van der Waals surface area contributed by atoms with Crippen molar-refractivity contribution in [2.75, 3.05) is 14.2 Å². The number of alkyl halides is 1. The molecule has 0 aromatic heterocycles. The van der Waals surface area contributed by atoms with Gasteiger partial charge in [-0.3, -0.25) is 4.79 Å². The van der Waals surface area contributed by atoms with Crippen LogP contribution in [0.25, 0.3) is 0 Å². The normalized spacial score (nSPS) is 11.9. The fraction of sp³-hybridized carbons (Fsp3) is 0.364. The van der Waals surface area contributed by atoms with Crippen molar-refractivity contribution in [2.45, 2.75) is 11.8 Å². The zero-order valence-electron chi connectivity index (χ0n) is 8.70. The van der Waals surface area contributed by atoms with E-state index >= 15 is 0 Å². The van der Waals surface area contributed by atoms with Gasteiger partial charge in [0, 0.05) is 6.42 Å². The summed E-state index contributed by atoms with van der Waals surface area (Å²) in [5, 5.41) is -0.675. The Morgan fingerprint density at radius 3 is 2.67 bits per heavy atom. The average molecular weight is 229 g/mol. The highest BCUT2D eigenvalue weighted by molar-refractivity contribution is 6.30. The number of halogens is 1. The first-order valence-electron chi connectivity index (χ1n) is 4.52. The Kier molecular flexibility index (Phi) is 4.43. The third-order valence-corrected chi connectivity index (χ3v) is 2.38. The van der Waals surface area contributed by atoms with Crippen LogP contribution in [0.15, 0.2) is 24.3 Å². The van der Waals surface area contributed by atoms with Crippen molar-refractivity contribution < 1.29 is 14.3 Å². The number of benzene rings is 1. The molecule has 0 spiro atoms. The number of ether oxygens (including phenoxy) is 2. The predicted molar refractivity (Wildman–Crippen MR) is 58.4 cm³/mol. The van der Waals surface area contributed by atoms with Crippen LogP contribution in [-0.4, -0.2) is 25.6 Å². The summed E-state index contributed by atoms with van der Waals surface area (Å²) in [6.07, 6.45) is 0.401. The first-order valence-corrected chi connectivity index (χ1v) is 4.96. The van der Waals surface area contributed by atoms with Gasteiger partial charge in [-0.05, 0) is 11.6 Å². The molecule has 1 aromatic rings. The van der Waals surface area contributed by atoms with Crippen molar-refractivity contribution in [3.63, 3.8) is 0 Å². The van der Waals surface area contributed by atoms with Crippen LogP contribution in [0.1, 0.15) is 5.56 Å². The highest BCUT2D eigenvalue weighted by Crippen LogP contribution is 2.20. The van der Waals surface area contributed by atoms with Crippen molar-refractivity contribution in [3.05, 3.63) is 29.8 Å². The van der Waals surface area contributed by atoms with Crippen molar-refractivity contribution in [2.24, 2.45) is 0 Å². The molecule has 1 atom stereocenters. The molecule has 82 valence electrons. The number of methoxy groups -OCH3 is 2. The first-order chi connectivity index (χ1) is 7.19. The maximum absolute atomic E-state index is 11.1. The van der Waals surface area contributed by atoms with Crippen molar-refractivity contribution >= 4 is 17.6 Å². The highest BCUT2D eigenvalue weighted by Gasteiger charge is 2.17. The molecule has 1 aromatic carbocycles. The lowest BCUT2D eigenvalue weighted by atomic mass is 10.1. The van der Waals surface area contributed by atoms with Crippen LogP contribution in [0.5, 0.6) is 5.75 Å². The van der Waals surface area contributed by atoms with E-state index in [1.165, 1.54) is 7.11 Å². The maximum atomic E-state index is 11.1. The SMILES string of the molecule is COC(=O)C(Cl)Cc1ccccc1OC. The van der Waals surface area contributed by atoms with Crippen LogP contribution in [0, 0.1) is 0 Å². The van der Waals surface area contributed by atoms with Gasteiger partial charge in [0.2, 0.25) is 0 Å². The Balaban J connectivity index is 2.75. The first kappa shape index (κ1) is 11.9. The second-order valence-electron chi connectivity index (χ2n) is 3.01. The minimum Gasteiger partial charge on any atom is -0.496 e. The standard InChI is InChI=1S/C11H13ClO3/c1-14-10-6-4-3-5-8(10)7-9(12)11(13)15-2/h3-6,9H,7H2,1-2H3. The van der Waals surface area contributed by atoms with Gasteiger partial charge < -0.3 is 9.47 Å². The summed E-state index contributed by atoms with van der Waals surface area (Å²) in [7, 11) is 2.90. The molecule has 0 aliphatic rings. The van der Waals surface area contributed by atoms with Crippen molar-refractivity contribution in [3.8, 4) is 5.75 Å². The van der Waals surface area contributed by atoms with Gasteiger partial charge in [0.25, 0.3) is 0 Å². The molecule has 0 radical (unpaired) electrons. The Morgan fingerprint density at radius 1 is 1.40 bits per heavy atom. The third kappa shape index (κ3) is 3.13. The zero-order chi connectivity index (χ0) is 11.3. The number of hydrogen-bond donors (Lipinski definition) is 0. The molecule has 0 heterocycles. The molecule has 0 bridgehead atoms. The molecule has 0 saturated heterocycles. The molecule has 15 heavy (non-hydrogen) atoms. The molecule has 0 aliphatic heterocycles. The van der Waals surface area contributed by atoms with Crippen molar-refractivity contribution in [1.82, 2.24) is 0 Å². The molecule has 0 saturated carbocycles. The lowest BCUT2D eigenvalue weighted by Crippen LogP contribution is -2.18. The summed E-state index contributed by atoms with van der Waals surface area (Å²) < 4.78 is 9.69. The number of esters is 1. The van der Waals surface area contributed by atoms with Gasteiger partial charge in [-0.25, -0.2) is 0 Å². The van der Waals surface area contributed by atoms with E-state index in [9.17, 15) is 4.79 Å². The summed E-state index contributed by atoms with van der Waals surface area (Å²) in [6, 6.07) is 7.44. The summed E-state index contributed by atoms with van der Waals surface area (Å²) in [4.78, 5) is 11.1. The quantitative estimate of drug-likeness (QED) is 0.584. The molecule has 1 rings (SSSR count). The smallest absolute Gasteiger partial charge is 0.324 e. The molecule has 0 aliphatic carbocycles. The van der Waals surface area contributed by atoms with Gasteiger partial charge in [0.05, 0.1) is 14.2 Å². The van der Waals surface area contributed by atoms with Gasteiger partial charge in [0.1, 0.15) is 11.1 Å². The summed E-state index contributed by atoms with van der Waals surface area (Å²) in [5.74, 6) is 0.301. The Morgan fingerprint density at radius 2 is 2.07 bits per heavy atom. The summed E-state index contributed by atoms with van der Waals surface area (Å²) in [5.41, 5.74) is 0.894.